The molecule has 0 radical (unpaired) electrons. The number of carbonyl (C=O) groups excluding carboxylic acids is 2. The van der Waals surface area contributed by atoms with Gasteiger partial charge in [0.05, 0.1) is 0 Å². The first kappa shape index (κ1) is 22.3. The van der Waals surface area contributed by atoms with Crippen LogP contribution in [0.2, 0.25) is 0 Å². The molecule has 1 saturated heterocycles. The number of nitrogens with zero attached hydrogens (tertiary/aromatic N) is 3. The van der Waals surface area contributed by atoms with Crippen molar-refractivity contribution < 1.29 is 14.3 Å². The maximum Gasteiger partial charge on any atom is 0.415 e. The molecule has 4 rings (SSSR count). The Hall–Kier alpha value is -2.93. The van der Waals surface area contributed by atoms with E-state index in [0.29, 0.717) is 18.8 Å². The number of hydrogen-bond donors (Lipinski definition) is 1. The van der Waals surface area contributed by atoms with Crippen LogP contribution in [0.25, 0.3) is 0 Å². The van der Waals surface area contributed by atoms with Crippen molar-refractivity contribution in [3.05, 3.63) is 54.4 Å². The number of amides is 2. The summed E-state index contributed by atoms with van der Waals surface area (Å²) < 4.78 is 5.54. The maximum absolute atomic E-state index is 12.5. The molecule has 1 saturated carbocycles. The Balaban J connectivity index is 1.19. The normalized spacial score (nSPS) is 17.7. The van der Waals surface area contributed by atoms with E-state index < -0.39 is 0 Å². The highest BCUT2D eigenvalue weighted by Crippen LogP contribution is 2.25. The van der Waals surface area contributed by atoms with E-state index in [-0.39, 0.29) is 17.9 Å². The number of anilines is 1. The number of carbonyl (C=O) groups is 2. The third-order valence-electron chi connectivity index (χ3n) is 6.37. The molecule has 2 heterocycles. The molecule has 2 amide bonds. The second-order valence-corrected chi connectivity index (χ2v) is 8.66. The number of nitrogens with one attached hydrogen (secondary N) is 1. The van der Waals surface area contributed by atoms with Crippen LogP contribution in [-0.2, 0) is 11.2 Å². The summed E-state index contributed by atoms with van der Waals surface area (Å²) in [6.45, 7) is 3.94. The molecule has 0 spiro atoms. The van der Waals surface area contributed by atoms with E-state index >= 15 is 0 Å². The van der Waals surface area contributed by atoms with Crippen molar-refractivity contribution in [2.75, 3.05) is 38.0 Å². The fraction of sp³-hybridized carbons (Fsp3) is 0.480. The first-order valence-electron chi connectivity index (χ1n) is 11.7. The summed E-state index contributed by atoms with van der Waals surface area (Å²) in [5.74, 6) is 0.699. The Labute approximate surface area is 189 Å². The van der Waals surface area contributed by atoms with Gasteiger partial charge in [-0.15, -0.1) is 0 Å². The predicted octanol–water partition coefficient (Wildman–Crippen LogP) is 3.96. The van der Waals surface area contributed by atoms with Gasteiger partial charge in [-0.25, -0.2) is 4.79 Å². The number of hydrogen-bond acceptors (Lipinski definition) is 5. The van der Waals surface area contributed by atoms with Gasteiger partial charge in [0.2, 0.25) is 5.91 Å². The molecule has 2 fully saturated rings. The molecule has 1 aliphatic heterocycles. The van der Waals surface area contributed by atoms with Gasteiger partial charge in [-0.05, 0) is 55.2 Å². The van der Waals surface area contributed by atoms with Crippen LogP contribution in [0.5, 0.6) is 5.75 Å². The highest BCUT2D eigenvalue weighted by molar-refractivity contribution is 5.92. The third kappa shape index (κ3) is 6.29. The number of piperazine rings is 1. The monoisotopic (exact) mass is 436 g/mol. The summed E-state index contributed by atoms with van der Waals surface area (Å²) in [5, 5.41) is 2.98. The smallest absolute Gasteiger partial charge is 0.410 e. The molecule has 1 aromatic heterocycles. The number of rotatable bonds is 6. The Bertz CT molecular complexity index is 874. The standard InChI is InChI=1S/C25H32N4O3/c30-24(21-6-2-1-3-7-21)27-22-8-10-23(11-9-22)32-25(31)29-17-15-28(16-18-29)14-12-20-5-4-13-26-19-20/h4-5,8-11,13,19,21H,1-3,6-7,12,14-18H2,(H,27,30). The molecule has 32 heavy (non-hydrogen) atoms. The number of aromatic nitrogens is 1. The lowest BCUT2D eigenvalue weighted by molar-refractivity contribution is -0.120. The van der Waals surface area contributed by atoms with Crippen molar-refractivity contribution >= 4 is 17.7 Å². The summed E-state index contributed by atoms with van der Waals surface area (Å²) in [6, 6.07) is 11.1. The molecule has 1 aliphatic carbocycles. The molecular weight excluding hydrogens is 404 g/mol. The first-order valence-corrected chi connectivity index (χ1v) is 11.7. The topological polar surface area (TPSA) is 74.8 Å². The van der Waals surface area contributed by atoms with Gasteiger partial charge < -0.3 is 15.0 Å². The van der Waals surface area contributed by atoms with Crippen molar-refractivity contribution in [3.63, 3.8) is 0 Å². The molecule has 1 aromatic carbocycles. The van der Waals surface area contributed by atoms with Crippen molar-refractivity contribution in [2.45, 2.75) is 38.5 Å². The highest BCUT2D eigenvalue weighted by Gasteiger charge is 2.23. The fourth-order valence-electron chi connectivity index (χ4n) is 4.37. The third-order valence-corrected chi connectivity index (χ3v) is 6.37. The zero-order chi connectivity index (χ0) is 22.2. The average Bonchev–Trinajstić information content (AvgIpc) is 2.85. The summed E-state index contributed by atoms with van der Waals surface area (Å²) >= 11 is 0. The Kier molecular flexibility index (Phi) is 7.72. The minimum Gasteiger partial charge on any atom is -0.410 e. The largest absolute Gasteiger partial charge is 0.415 e. The number of ether oxygens (including phenoxy) is 1. The molecule has 0 bridgehead atoms. The van der Waals surface area contributed by atoms with Gasteiger partial charge in [0.15, 0.2) is 0 Å². The number of pyridine rings is 1. The summed E-state index contributed by atoms with van der Waals surface area (Å²) in [5.41, 5.74) is 1.97. The summed E-state index contributed by atoms with van der Waals surface area (Å²) in [6.07, 6.45) is 9.76. The summed E-state index contributed by atoms with van der Waals surface area (Å²) in [4.78, 5) is 33.2. The van der Waals surface area contributed by atoms with Crippen molar-refractivity contribution in [2.24, 2.45) is 5.92 Å². The lowest BCUT2D eigenvalue weighted by atomic mass is 9.88. The van der Waals surface area contributed by atoms with Crippen LogP contribution in [0.15, 0.2) is 48.8 Å². The Morgan fingerprint density at radius 2 is 1.75 bits per heavy atom. The molecule has 1 N–H and O–H groups in total. The van der Waals surface area contributed by atoms with Crippen LogP contribution in [-0.4, -0.2) is 59.5 Å². The minimum absolute atomic E-state index is 0.0934. The van der Waals surface area contributed by atoms with Crippen LogP contribution < -0.4 is 10.1 Å². The number of benzene rings is 1. The van der Waals surface area contributed by atoms with E-state index in [4.69, 9.17) is 4.74 Å². The predicted molar refractivity (Wildman–Crippen MR) is 124 cm³/mol. The molecule has 7 nitrogen and oxygen atoms in total. The SMILES string of the molecule is O=C(Nc1ccc(OC(=O)N2CCN(CCc3cccnc3)CC2)cc1)C1CCCCC1. The molecule has 170 valence electrons. The van der Waals surface area contributed by atoms with Gasteiger partial charge in [-0.3, -0.25) is 14.7 Å². The minimum atomic E-state index is -0.323. The van der Waals surface area contributed by atoms with Gasteiger partial charge in [0.25, 0.3) is 0 Å². The van der Waals surface area contributed by atoms with Crippen molar-refractivity contribution in [1.82, 2.24) is 14.8 Å². The zero-order valence-corrected chi connectivity index (χ0v) is 18.5. The van der Waals surface area contributed by atoms with Crippen LogP contribution in [0.1, 0.15) is 37.7 Å². The van der Waals surface area contributed by atoms with E-state index in [9.17, 15) is 9.59 Å². The van der Waals surface area contributed by atoms with Gasteiger partial charge in [-0.2, -0.15) is 0 Å². The first-order chi connectivity index (χ1) is 15.7. The van der Waals surface area contributed by atoms with Crippen molar-refractivity contribution in [1.29, 1.82) is 0 Å². The highest BCUT2D eigenvalue weighted by atomic mass is 16.6. The quantitative estimate of drug-likeness (QED) is 0.742. The van der Waals surface area contributed by atoms with Crippen LogP contribution >= 0.6 is 0 Å². The van der Waals surface area contributed by atoms with Crippen molar-refractivity contribution in [3.8, 4) is 5.75 Å². The lowest BCUT2D eigenvalue weighted by Crippen LogP contribution is -2.49. The van der Waals surface area contributed by atoms with Gasteiger partial charge >= 0.3 is 6.09 Å². The Morgan fingerprint density at radius 3 is 2.44 bits per heavy atom. The molecular formula is C25H32N4O3. The van der Waals surface area contributed by atoms with Gasteiger partial charge in [0, 0.05) is 56.7 Å². The lowest BCUT2D eigenvalue weighted by Gasteiger charge is -2.34. The average molecular weight is 437 g/mol. The second kappa shape index (κ2) is 11.1. The second-order valence-electron chi connectivity index (χ2n) is 8.66. The summed E-state index contributed by atoms with van der Waals surface area (Å²) in [7, 11) is 0. The molecule has 2 aromatic rings. The zero-order valence-electron chi connectivity index (χ0n) is 18.5. The maximum atomic E-state index is 12.5. The molecule has 0 atom stereocenters. The van der Waals surface area contributed by atoms with Gasteiger partial charge in [0.1, 0.15) is 5.75 Å². The molecule has 0 unspecified atom stereocenters. The Morgan fingerprint density at radius 1 is 1.00 bits per heavy atom. The molecule has 7 heteroatoms. The van der Waals surface area contributed by atoms with Crippen LogP contribution in [0, 0.1) is 5.92 Å². The van der Waals surface area contributed by atoms with Crippen LogP contribution in [0.3, 0.4) is 0 Å². The van der Waals surface area contributed by atoms with E-state index in [2.05, 4.69) is 21.3 Å². The van der Waals surface area contributed by atoms with Crippen LogP contribution in [0.4, 0.5) is 10.5 Å². The fourth-order valence-corrected chi connectivity index (χ4v) is 4.37. The van der Waals surface area contributed by atoms with Gasteiger partial charge in [-0.1, -0.05) is 25.3 Å². The van der Waals surface area contributed by atoms with E-state index in [1.165, 1.54) is 12.0 Å². The van der Waals surface area contributed by atoms with E-state index in [0.717, 1.165) is 57.4 Å². The van der Waals surface area contributed by atoms with E-state index in [1.807, 2.05) is 12.3 Å². The molecule has 2 aliphatic rings. The van der Waals surface area contributed by atoms with E-state index in [1.54, 1.807) is 35.4 Å².